The summed E-state index contributed by atoms with van der Waals surface area (Å²) in [6, 6.07) is 21.1. The van der Waals surface area contributed by atoms with E-state index in [1.54, 1.807) is 30.3 Å². The van der Waals surface area contributed by atoms with Crippen LogP contribution in [0.3, 0.4) is 0 Å². The van der Waals surface area contributed by atoms with Crippen molar-refractivity contribution in [1.29, 1.82) is 0 Å². The molecule has 0 saturated heterocycles. The smallest absolute Gasteiger partial charge is 0.390 e. The fourth-order valence-electron chi connectivity index (χ4n) is 3.13. The van der Waals surface area contributed by atoms with E-state index in [1.807, 2.05) is 24.3 Å². The van der Waals surface area contributed by atoms with Gasteiger partial charge in [-0.15, -0.1) is 0 Å². The second kappa shape index (κ2) is 7.43. The molecule has 4 nitrogen and oxygen atoms in total. The first-order chi connectivity index (χ1) is 13.9. The summed E-state index contributed by atoms with van der Waals surface area (Å²) >= 11 is 0. The minimum atomic E-state index is -4.43. The van der Waals surface area contributed by atoms with Crippen molar-refractivity contribution in [2.75, 3.05) is 4.90 Å². The van der Waals surface area contributed by atoms with Gasteiger partial charge in [-0.05, 0) is 35.9 Å². The van der Waals surface area contributed by atoms with Crippen molar-refractivity contribution in [3.8, 4) is 0 Å². The number of para-hydroxylation sites is 2. The van der Waals surface area contributed by atoms with Crippen LogP contribution in [0.25, 0.3) is 0 Å². The minimum absolute atomic E-state index is 0.108. The van der Waals surface area contributed by atoms with Crippen molar-refractivity contribution in [2.45, 2.75) is 12.8 Å². The quantitative estimate of drug-likeness (QED) is 0.561. The Kier molecular flexibility index (Phi) is 4.80. The molecule has 0 N–H and O–H groups in total. The van der Waals surface area contributed by atoms with Gasteiger partial charge in [-0.1, -0.05) is 53.7 Å². The molecule has 0 saturated carbocycles. The van der Waals surface area contributed by atoms with E-state index in [9.17, 15) is 18.0 Å². The zero-order valence-electron chi connectivity index (χ0n) is 15.1. The average molecular weight is 396 g/mol. The van der Waals surface area contributed by atoms with E-state index < -0.39 is 11.7 Å². The number of hydrogen-bond acceptors (Lipinski definition) is 3. The molecule has 1 aliphatic heterocycles. The number of anilines is 2. The van der Waals surface area contributed by atoms with Gasteiger partial charge >= 0.3 is 6.18 Å². The first kappa shape index (κ1) is 18.7. The highest BCUT2D eigenvalue weighted by molar-refractivity contribution is 6.55. The van der Waals surface area contributed by atoms with Crippen molar-refractivity contribution in [3.63, 3.8) is 0 Å². The lowest BCUT2D eigenvalue weighted by molar-refractivity contribution is -0.137. The first-order valence-electron chi connectivity index (χ1n) is 8.80. The van der Waals surface area contributed by atoms with Gasteiger partial charge in [-0.3, -0.25) is 9.69 Å². The Labute approximate surface area is 164 Å². The Balaban J connectivity index is 1.59. The summed E-state index contributed by atoms with van der Waals surface area (Å²) in [5.41, 5.74) is 1.62. The predicted octanol–water partition coefficient (Wildman–Crippen LogP) is 5.30. The SMILES string of the molecule is O=C1/C(=N\OCc2cccc(C(F)(F)F)c2)c2ccccc2N1c1ccccc1. The molecule has 7 heteroatoms. The van der Waals surface area contributed by atoms with Crippen LogP contribution in [0.5, 0.6) is 0 Å². The van der Waals surface area contributed by atoms with Gasteiger partial charge in [-0.25, -0.2) is 0 Å². The third-order valence-corrected chi connectivity index (χ3v) is 4.46. The molecular weight excluding hydrogens is 381 g/mol. The van der Waals surface area contributed by atoms with E-state index in [1.165, 1.54) is 17.0 Å². The fourth-order valence-corrected chi connectivity index (χ4v) is 3.13. The monoisotopic (exact) mass is 396 g/mol. The molecule has 0 bridgehead atoms. The number of oxime groups is 1. The molecule has 0 radical (unpaired) electrons. The van der Waals surface area contributed by atoms with Crippen LogP contribution >= 0.6 is 0 Å². The Morgan fingerprint density at radius 1 is 0.897 bits per heavy atom. The van der Waals surface area contributed by atoms with E-state index >= 15 is 0 Å². The first-order valence-corrected chi connectivity index (χ1v) is 8.80. The van der Waals surface area contributed by atoms with Gasteiger partial charge in [0, 0.05) is 11.3 Å². The summed E-state index contributed by atoms with van der Waals surface area (Å²) in [5.74, 6) is -0.360. The number of rotatable bonds is 4. The predicted molar refractivity (Wildman–Crippen MR) is 103 cm³/mol. The second-order valence-electron chi connectivity index (χ2n) is 6.40. The van der Waals surface area contributed by atoms with Crippen molar-refractivity contribution in [2.24, 2.45) is 5.16 Å². The Hall–Kier alpha value is -3.61. The van der Waals surface area contributed by atoms with Crippen LogP contribution in [0.15, 0.2) is 84.0 Å². The Bertz CT molecular complexity index is 1080. The molecule has 3 aromatic rings. The highest BCUT2D eigenvalue weighted by atomic mass is 19.4. The van der Waals surface area contributed by atoms with Gasteiger partial charge in [-0.2, -0.15) is 13.2 Å². The van der Waals surface area contributed by atoms with E-state index in [4.69, 9.17) is 4.84 Å². The molecular formula is C22H15F3N2O2. The lowest BCUT2D eigenvalue weighted by Gasteiger charge is -2.16. The molecule has 0 atom stereocenters. The van der Waals surface area contributed by atoms with Gasteiger partial charge in [0.1, 0.15) is 6.61 Å². The zero-order valence-corrected chi connectivity index (χ0v) is 15.1. The summed E-state index contributed by atoms with van der Waals surface area (Å²) in [5, 5.41) is 3.95. The fraction of sp³-hybridized carbons (Fsp3) is 0.0909. The third-order valence-electron chi connectivity index (χ3n) is 4.46. The summed E-state index contributed by atoms with van der Waals surface area (Å²) in [6.07, 6.45) is -4.43. The lowest BCUT2D eigenvalue weighted by atomic mass is 10.1. The van der Waals surface area contributed by atoms with E-state index in [0.717, 1.165) is 12.1 Å². The largest absolute Gasteiger partial charge is 0.416 e. The van der Waals surface area contributed by atoms with Crippen molar-refractivity contribution in [1.82, 2.24) is 0 Å². The molecule has 0 aromatic heterocycles. The molecule has 0 unspecified atom stereocenters. The van der Waals surface area contributed by atoms with Gasteiger partial charge in [0.15, 0.2) is 5.71 Å². The normalized spacial score (nSPS) is 14.9. The third kappa shape index (κ3) is 3.71. The zero-order chi connectivity index (χ0) is 20.4. The number of amides is 1. The van der Waals surface area contributed by atoms with E-state index in [-0.39, 0.29) is 18.2 Å². The Morgan fingerprint density at radius 3 is 2.38 bits per heavy atom. The molecule has 0 spiro atoms. The van der Waals surface area contributed by atoms with Crippen LogP contribution < -0.4 is 4.90 Å². The molecule has 1 aliphatic rings. The van der Waals surface area contributed by atoms with Crippen LogP contribution in [0.4, 0.5) is 24.5 Å². The van der Waals surface area contributed by atoms with Gasteiger partial charge in [0.25, 0.3) is 5.91 Å². The maximum atomic E-state index is 13.0. The number of alkyl halides is 3. The summed E-state index contributed by atoms with van der Waals surface area (Å²) < 4.78 is 38.5. The molecule has 0 aliphatic carbocycles. The molecule has 146 valence electrons. The van der Waals surface area contributed by atoms with E-state index in [2.05, 4.69) is 5.16 Å². The van der Waals surface area contributed by atoms with Crippen molar-refractivity contribution in [3.05, 3.63) is 95.6 Å². The molecule has 3 aromatic carbocycles. The van der Waals surface area contributed by atoms with E-state index in [0.29, 0.717) is 22.5 Å². The van der Waals surface area contributed by atoms with Crippen LogP contribution in [-0.4, -0.2) is 11.6 Å². The number of fused-ring (bicyclic) bond motifs is 1. The van der Waals surface area contributed by atoms with Crippen molar-refractivity contribution >= 4 is 23.0 Å². The van der Waals surface area contributed by atoms with Crippen LogP contribution in [0, 0.1) is 0 Å². The standard InChI is InChI=1S/C22H15F3N2O2/c23-22(24,25)16-8-6-7-15(13-16)14-29-26-20-18-11-4-5-12-19(18)27(21(20)28)17-9-2-1-3-10-17/h1-13H,14H2/b26-20-. The van der Waals surface area contributed by atoms with Crippen LogP contribution in [-0.2, 0) is 22.4 Å². The summed E-state index contributed by atoms with van der Waals surface area (Å²) in [4.78, 5) is 19.7. The molecule has 1 heterocycles. The van der Waals surface area contributed by atoms with Crippen molar-refractivity contribution < 1.29 is 22.8 Å². The van der Waals surface area contributed by atoms with Crippen LogP contribution in [0.1, 0.15) is 16.7 Å². The maximum absolute atomic E-state index is 13.0. The van der Waals surface area contributed by atoms with Gasteiger partial charge in [0.05, 0.1) is 11.3 Å². The number of benzene rings is 3. The summed E-state index contributed by atoms with van der Waals surface area (Å²) in [7, 11) is 0. The Morgan fingerprint density at radius 2 is 1.62 bits per heavy atom. The number of halogens is 3. The number of carbonyl (C=O) groups excluding carboxylic acids is 1. The summed E-state index contributed by atoms with van der Waals surface area (Å²) in [6.45, 7) is -0.186. The minimum Gasteiger partial charge on any atom is -0.390 e. The molecule has 0 fully saturated rings. The highest BCUT2D eigenvalue weighted by Crippen LogP contribution is 2.35. The number of hydrogen-bond donors (Lipinski definition) is 0. The number of carbonyl (C=O) groups is 1. The van der Waals surface area contributed by atoms with Gasteiger partial charge < -0.3 is 4.84 Å². The number of nitrogens with zero attached hydrogens (tertiary/aromatic N) is 2. The topological polar surface area (TPSA) is 41.9 Å². The average Bonchev–Trinajstić information content (AvgIpc) is 3.00. The second-order valence-corrected chi connectivity index (χ2v) is 6.40. The van der Waals surface area contributed by atoms with Crippen LogP contribution in [0.2, 0.25) is 0 Å². The van der Waals surface area contributed by atoms with Gasteiger partial charge in [0.2, 0.25) is 0 Å². The molecule has 4 rings (SSSR count). The maximum Gasteiger partial charge on any atom is 0.416 e. The lowest BCUT2D eigenvalue weighted by Crippen LogP contribution is -2.25. The highest BCUT2D eigenvalue weighted by Gasteiger charge is 2.35. The molecule has 29 heavy (non-hydrogen) atoms. The molecule has 1 amide bonds.